The molecule has 2 aromatic carbocycles. The summed E-state index contributed by atoms with van der Waals surface area (Å²) in [5.74, 6) is 1.27. The number of hydrogen-bond donors (Lipinski definition) is 1. The van der Waals surface area contributed by atoms with Crippen molar-refractivity contribution in [2.75, 3.05) is 14.2 Å². The molecular formula is C16H16ClN3O4. The van der Waals surface area contributed by atoms with E-state index < -0.39 is 4.92 Å². The van der Waals surface area contributed by atoms with Crippen molar-refractivity contribution in [2.45, 2.75) is 6.54 Å². The highest BCUT2D eigenvalue weighted by molar-refractivity contribution is 6.33. The zero-order chi connectivity index (χ0) is 17.5. The van der Waals surface area contributed by atoms with Gasteiger partial charge in [-0.05, 0) is 23.8 Å². The Balaban J connectivity index is 2.03. The van der Waals surface area contributed by atoms with Gasteiger partial charge in [-0.3, -0.25) is 10.1 Å². The van der Waals surface area contributed by atoms with Crippen molar-refractivity contribution in [3.8, 4) is 11.5 Å². The number of nitro benzene ring substituents is 1. The molecule has 2 rings (SSSR count). The van der Waals surface area contributed by atoms with Crippen LogP contribution in [0.2, 0.25) is 5.02 Å². The second kappa shape index (κ2) is 8.16. The number of nitro groups is 1. The summed E-state index contributed by atoms with van der Waals surface area (Å²) in [6, 6.07) is 9.69. The number of benzene rings is 2. The molecule has 0 heterocycles. The van der Waals surface area contributed by atoms with Gasteiger partial charge in [0.25, 0.3) is 5.69 Å². The lowest BCUT2D eigenvalue weighted by molar-refractivity contribution is -0.384. The molecule has 0 fully saturated rings. The summed E-state index contributed by atoms with van der Waals surface area (Å²) in [5.41, 5.74) is 4.22. The van der Waals surface area contributed by atoms with Gasteiger partial charge in [0.15, 0.2) is 11.5 Å². The van der Waals surface area contributed by atoms with Gasteiger partial charge in [0.05, 0.1) is 31.9 Å². The summed E-state index contributed by atoms with van der Waals surface area (Å²) < 4.78 is 10.4. The summed E-state index contributed by atoms with van der Waals surface area (Å²) in [6.07, 6.45) is 1.44. The molecule has 0 radical (unpaired) electrons. The monoisotopic (exact) mass is 349 g/mol. The number of non-ortho nitro benzene ring substituents is 1. The molecule has 0 aliphatic carbocycles. The molecule has 0 amide bonds. The number of hydrogen-bond acceptors (Lipinski definition) is 6. The Labute approximate surface area is 144 Å². The van der Waals surface area contributed by atoms with Gasteiger partial charge < -0.3 is 14.9 Å². The molecule has 0 aromatic heterocycles. The van der Waals surface area contributed by atoms with Gasteiger partial charge in [-0.1, -0.05) is 17.7 Å². The van der Waals surface area contributed by atoms with Crippen LogP contribution in [0.4, 0.5) is 5.69 Å². The molecular weight excluding hydrogens is 334 g/mol. The quantitative estimate of drug-likeness (QED) is 0.470. The maximum absolute atomic E-state index is 10.8. The fraction of sp³-hybridized carbons (Fsp3) is 0.188. The van der Waals surface area contributed by atoms with E-state index in [1.165, 1.54) is 24.4 Å². The van der Waals surface area contributed by atoms with Crippen LogP contribution in [0.25, 0.3) is 0 Å². The first kappa shape index (κ1) is 17.6. The number of ether oxygens (including phenoxy) is 2. The van der Waals surface area contributed by atoms with Gasteiger partial charge in [0, 0.05) is 22.7 Å². The van der Waals surface area contributed by atoms with E-state index in [1.807, 2.05) is 12.1 Å². The molecule has 0 unspecified atom stereocenters. The minimum Gasteiger partial charge on any atom is -0.493 e. The number of methoxy groups -OCH3 is 2. The Morgan fingerprint density at radius 1 is 1.21 bits per heavy atom. The summed E-state index contributed by atoms with van der Waals surface area (Å²) in [7, 11) is 3.14. The van der Waals surface area contributed by atoms with Gasteiger partial charge in [-0.25, -0.2) is 0 Å². The highest BCUT2D eigenvalue weighted by Gasteiger charge is 2.08. The second-order valence-corrected chi connectivity index (χ2v) is 5.15. The van der Waals surface area contributed by atoms with Crippen molar-refractivity contribution in [3.63, 3.8) is 0 Å². The maximum atomic E-state index is 10.8. The first-order valence-corrected chi connectivity index (χ1v) is 7.33. The minimum absolute atomic E-state index is 0.0410. The molecule has 8 heteroatoms. The van der Waals surface area contributed by atoms with Crippen LogP contribution >= 0.6 is 11.6 Å². The van der Waals surface area contributed by atoms with Crippen LogP contribution in [-0.4, -0.2) is 25.4 Å². The van der Waals surface area contributed by atoms with Crippen LogP contribution in [0.5, 0.6) is 11.5 Å². The van der Waals surface area contributed by atoms with Crippen molar-refractivity contribution in [3.05, 3.63) is 62.7 Å². The largest absolute Gasteiger partial charge is 0.493 e. The molecule has 0 atom stereocenters. The van der Waals surface area contributed by atoms with Crippen LogP contribution in [0.3, 0.4) is 0 Å². The predicted octanol–water partition coefficient (Wildman–Crippen LogP) is 3.39. The average molecular weight is 350 g/mol. The van der Waals surface area contributed by atoms with Crippen molar-refractivity contribution in [1.82, 2.24) is 5.43 Å². The Morgan fingerprint density at radius 2 is 1.96 bits per heavy atom. The molecule has 126 valence electrons. The van der Waals surface area contributed by atoms with E-state index in [0.717, 1.165) is 5.56 Å². The normalized spacial score (nSPS) is 10.6. The number of hydrazone groups is 1. The Bertz CT molecular complexity index is 765. The highest BCUT2D eigenvalue weighted by atomic mass is 35.5. The van der Waals surface area contributed by atoms with E-state index in [4.69, 9.17) is 21.1 Å². The zero-order valence-electron chi connectivity index (χ0n) is 13.2. The lowest BCUT2D eigenvalue weighted by Crippen LogP contribution is -2.06. The van der Waals surface area contributed by atoms with Crippen molar-refractivity contribution in [2.24, 2.45) is 5.10 Å². The highest BCUT2D eigenvalue weighted by Crippen LogP contribution is 2.27. The van der Waals surface area contributed by atoms with E-state index in [1.54, 1.807) is 20.3 Å². The number of rotatable bonds is 7. The molecule has 0 saturated carbocycles. The molecule has 2 aromatic rings. The van der Waals surface area contributed by atoms with Crippen LogP contribution in [0.15, 0.2) is 41.5 Å². The van der Waals surface area contributed by atoms with Gasteiger partial charge in [-0.15, -0.1) is 0 Å². The first-order chi connectivity index (χ1) is 11.5. The SMILES string of the molecule is COc1ccc(CN/N=C\c2cc([N+](=O)[O-])ccc2Cl)cc1OC. The van der Waals surface area contributed by atoms with Gasteiger partial charge in [-0.2, -0.15) is 5.10 Å². The van der Waals surface area contributed by atoms with Crippen molar-refractivity contribution in [1.29, 1.82) is 0 Å². The summed E-state index contributed by atoms with van der Waals surface area (Å²) in [5, 5.41) is 15.2. The van der Waals surface area contributed by atoms with Gasteiger partial charge in [0.2, 0.25) is 0 Å². The van der Waals surface area contributed by atoms with Gasteiger partial charge >= 0.3 is 0 Å². The third kappa shape index (κ3) is 4.36. The summed E-state index contributed by atoms with van der Waals surface area (Å²) in [6.45, 7) is 0.448. The third-order valence-electron chi connectivity index (χ3n) is 3.22. The van der Waals surface area contributed by atoms with Gasteiger partial charge in [0.1, 0.15) is 0 Å². The standard InChI is InChI=1S/C16H16ClN3O4/c1-23-15-6-3-11(7-16(15)24-2)9-18-19-10-12-8-13(20(21)22)4-5-14(12)17/h3-8,10,18H,9H2,1-2H3/b19-10-. The minimum atomic E-state index is -0.481. The van der Waals surface area contributed by atoms with E-state index in [0.29, 0.717) is 28.6 Å². The lowest BCUT2D eigenvalue weighted by Gasteiger charge is -2.09. The van der Waals surface area contributed by atoms with E-state index in [-0.39, 0.29) is 5.69 Å². The Hall–Kier alpha value is -2.80. The number of halogens is 1. The van der Waals surface area contributed by atoms with E-state index in [9.17, 15) is 10.1 Å². The Kier molecular flexibility index (Phi) is 5.97. The van der Waals surface area contributed by atoms with Crippen LogP contribution in [0, 0.1) is 10.1 Å². The van der Waals surface area contributed by atoms with E-state index >= 15 is 0 Å². The van der Waals surface area contributed by atoms with Crippen LogP contribution in [-0.2, 0) is 6.54 Å². The molecule has 0 aliphatic rings. The predicted molar refractivity (Wildman–Crippen MR) is 92.1 cm³/mol. The summed E-state index contributed by atoms with van der Waals surface area (Å²) >= 11 is 6.00. The molecule has 0 aliphatic heterocycles. The van der Waals surface area contributed by atoms with Crippen molar-refractivity contribution < 1.29 is 14.4 Å². The zero-order valence-corrected chi connectivity index (χ0v) is 13.9. The summed E-state index contributed by atoms with van der Waals surface area (Å²) in [4.78, 5) is 10.3. The van der Waals surface area contributed by atoms with Crippen LogP contribution < -0.4 is 14.9 Å². The van der Waals surface area contributed by atoms with Crippen LogP contribution in [0.1, 0.15) is 11.1 Å². The number of nitrogens with one attached hydrogen (secondary N) is 1. The molecule has 24 heavy (non-hydrogen) atoms. The third-order valence-corrected chi connectivity index (χ3v) is 3.56. The Morgan fingerprint density at radius 3 is 2.62 bits per heavy atom. The maximum Gasteiger partial charge on any atom is 0.270 e. The lowest BCUT2D eigenvalue weighted by atomic mass is 10.2. The molecule has 1 N–H and O–H groups in total. The topological polar surface area (TPSA) is 86.0 Å². The van der Waals surface area contributed by atoms with Crippen molar-refractivity contribution >= 4 is 23.5 Å². The molecule has 7 nitrogen and oxygen atoms in total. The smallest absolute Gasteiger partial charge is 0.270 e. The fourth-order valence-corrected chi connectivity index (χ4v) is 2.15. The van der Waals surface area contributed by atoms with E-state index in [2.05, 4.69) is 10.5 Å². The average Bonchev–Trinajstić information content (AvgIpc) is 2.59. The second-order valence-electron chi connectivity index (χ2n) is 4.75. The first-order valence-electron chi connectivity index (χ1n) is 6.96. The molecule has 0 spiro atoms. The molecule has 0 bridgehead atoms. The number of nitrogens with zero attached hydrogens (tertiary/aromatic N) is 2. The fourth-order valence-electron chi connectivity index (χ4n) is 1.99. The molecule has 0 saturated heterocycles.